The molecule has 0 N–H and O–H groups in total. The average Bonchev–Trinajstić information content (AvgIpc) is 2.73. The quantitative estimate of drug-likeness (QED) is 0.487. The highest BCUT2D eigenvalue weighted by atomic mass is 14.8. The molecule has 0 bridgehead atoms. The molecule has 0 aliphatic heterocycles. The monoisotopic (exact) mass is 364 g/mol. The maximum Gasteiger partial charge on any atom is 0.0892 e. The van der Waals surface area contributed by atoms with Crippen LogP contribution in [-0.4, -0.2) is 19.9 Å². The molecule has 0 atom stereocenters. The summed E-state index contributed by atoms with van der Waals surface area (Å²) in [4.78, 5) is 17.7. The smallest absolute Gasteiger partial charge is 0.0892 e. The van der Waals surface area contributed by atoms with E-state index >= 15 is 0 Å². The molecule has 4 rings (SSSR count). The summed E-state index contributed by atoms with van der Waals surface area (Å²) < 4.78 is 0. The molecule has 4 heterocycles. The molecule has 4 aromatic heterocycles. The number of aromatic nitrogens is 4. The lowest BCUT2D eigenvalue weighted by atomic mass is 10.1. The summed E-state index contributed by atoms with van der Waals surface area (Å²) in [6.07, 6.45) is 11.4. The second-order valence-electron chi connectivity index (χ2n) is 6.72. The summed E-state index contributed by atoms with van der Waals surface area (Å²) in [5.74, 6) is 0. The van der Waals surface area contributed by atoms with Crippen molar-refractivity contribution in [2.45, 2.75) is 13.8 Å². The molecule has 0 spiro atoms. The molecule has 4 nitrogen and oxygen atoms in total. The molecule has 0 saturated heterocycles. The van der Waals surface area contributed by atoms with Crippen LogP contribution in [0.3, 0.4) is 0 Å². The first-order valence-corrected chi connectivity index (χ1v) is 9.14. The van der Waals surface area contributed by atoms with Gasteiger partial charge in [0.05, 0.1) is 22.8 Å². The number of rotatable bonds is 4. The third kappa shape index (κ3) is 4.18. The highest BCUT2D eigenvalue weighted by Crippen LogP contribution is 2.20. The highest BCUT2D eigenvalue weighted by Gasteiger charge is 2.03. The second-order valence-corrected chi connectivity index (χ2v) is 6.72. The van der Waals surface area contributed by atoms with Crippen molar-refractivity contribution in [2.75, 3.05) is 0 Å². The molecule has 28 heavy (non-hydrogen) atoms. The third-order valence-corrected chi connectivity index (χ3v) is 4.39. The zero-order chi connectivity index (χ0) is 19.3. The van der Waals surface area contributed by atoms with Crippen LogP contribution in [0.1, 0.15) is 22.3 Å². The maximum atomic E-state index is 4.45. The maximum absolute atomic E-state index is 4.45. The van der Waals surface area contributed by atoms with Crippen molar-refractivity contribution in [2.24, 2.45) is 0 Å². The molecule has 136 valence electrons. The minimum atomic E-state index is 0.866. The van der Waals surface area contributed by atoms with E-state index in [0.717, 1.165) is 33.9 Å². The van der Waals surface area contributed by atoms with Gasteiger partial charge in [-0.05, 0) is 84.6 Å². The summed E-state index contributed by atoms with van der Waals surface area (Å²) in [5.41, 5.74) is 7.97. The van der Waals surface area contributed by atoms with Crippen LogP contribution in [0, 0.1) is 13.8 Å². The fourth-order valence-corrected chi connectivity index (χ4v) is 2.93. The number of hydrogen-bond donors (Lipinski definition) is 0. The Balaban J connectivity index is 1.60. The van der Waals surface area contributed by atoms with Gasteiger partial charge >= 0.3 is 0 Å². The molecule has 0 radical (unpaired) electrons. The Hall–Kier alpha value is -3.66. The van der Waals surface area contributed by atoms with Crippen LogP contribution in [0.2, 0.25) is 0 Å². The topological polar surface area (TPSA) is 51.6 Å². The van der Waals surface area contributed by atoms with E-state index in [0.29, 0.717) is 0 Å². The standard InChI is InChI=1S/C24H20N4/c1-17-5-9-25-21(13-17)23-15-19(7-11-27-23)3-4-20-8-12-28-24(16-20)22-14-18(2)6-10-26-22/h3-16H,1-2H3. The fourth-order valence-electron chi connectivity index (χ4n) is 2.93. The van der Waals surface area contributed by atoms with Gasteiger partial charge in [-0.3, -0.25) is 19.9 Å². The van der Waals surface area contributed by atoms with Gasteiger partial charge in [-0.25, -0.2) is 0 Å². The second kappa shape index (κ2) is 7.92. The lowest BCUT2D eigenvalue weighted by Crippen LogP contribution is -1.89. The largest absolute Gasteiger partial charge is 0.255 e. The summed E-state index contributed by atoms with van der Waals surface area (Å²) in [5, 5.41) is 0. The Kier molecular flexibility index (Phi) is 5.02. The molecule has 0 unspecified atom stereocenters. The first-order chi connectivity index (χ1) is 13.7. The van der Waals surface area contributed by atoms with Gasteiger partial charge in [0.25, 0.3) is 0 Å². The average molecular weight is 364 g/mol. The minimum absolute atomic E-state index is 0.866. The van der Waals surface area contributed by atoms with Gasteiger partial charge in [-0.15, -0.1) is 0 Å². The van der Waals surface area contributed by atoms with E-state index in [2.05, 4.69) is 45.9 Å². The van der Waals surface area contributed by atoms with Crippen molar-refractivity contribution in [3.8, 4) is 22.8 Å². The van der Waals surface area contributed by atoms with Crippen molar-refractivity contribution < 1.29 is 0 Å². The van der Waals surface area contributed by atoms with Gasteiger partial charge in [0.2, 0.25) is 0 Å². The minimum Gasteiger partial charge on any atom is -0.255 e. The summed E-state index contributed by atoms with van der Waals surface area (Å²) in [6, 6.07) is 16.1. The highest BCUT2D eigenvalue weighted by molar-refractivity contribution is 5.73. The van der Waals surface area contributed by atoms with Crippen molar-refractivity contribution >= 4 is 12.2 Å². The lowest BCUT2D eigenvalue weighted by Gasteiger charge is -2.03. The van der Waals surface area contributed by atoms with E-state index < -0.39 is 0 Å². The van der Waals surface area contributed by atoms with E-state index in [9.17, 15) is 0 Å². The molecule has 0 fully saturated rings. The van der Waals surface area contributed by atoms with Gasteiger partial charge in [0, 0.05) is 24.8 Å². The Morgan fingerprint density at radius 1 is 0.500 bits per heavy atom. The SMILES string of the molecule is Cc1ccnc(-c2cc(C=Cc3ccnc(-c4cc(C)ccn4)c3)ccn2)c1. The first-order valence-electron chi connectivity index (χ1n) is 9.14. The fraction of sp³-hybridized carbons (Fsp3) is 0.0833. The van der Waals surface area contributed by atoms with Gasteiger partial charge < -0.3 is 0 Å². The Bertz CT molecular complexity index is 1060. The van der Waals surface area contributed by atoms with E-state index in [-0.39, 0.29) is 0 Å². The van der Waals surface area contributed by atoms with Crippen molar-refractivity contribution in [3.05, 3.63) is 95.6 Å². The van der Waals surface area contributed by atoms with Crippen LogP contribution >= 0.6 is 0 Å². The number of nitrogens with zero attached hydrogens (tertiary/aromatic N) is 4. The Morgan fingerprint density at radius 3 is 1.25 bits per heavy atom. The van der Waals surface area contributed by atoms with Crippen LogP contribution in [0.5, 0.6) is 0 Å². The molecule has 4 aromatic rings. The van der Waals surface area contributed by atoms with Crippen molar-refractivity contribution in [1.29, 1.82) is 0 Å². The molecular weight excluding hydrogens is 344 g/mol. The zero-order valence-electron chi connectivity index (χ0n) is 15.9. The third-order valence-electron chi connectivity index (χ3n) is 4.39. The van der Waals surface area contributed by atoms with Crippen LogP contribution in [0.4, 0.5) is 0 Å². The summed E-state index contributed by atoms with van der Waals surface area (Å²) >= 11 is 0. The summed E-state index contributed by atoms with van der Waals surface area (Å²) in [6.45, 7) is 4.11. The van der Waals surface area contributed by atoms with E-state index in [1.807, 2.05) is 73.3 Å². The normalized spacial score (nSPS) is 11.1. The van der Waals surface area contributed by atoms with Crippen molar-refractivity contribution in [3.63, 3.8) is 0 Å². The lowest BCUT2D eigenvalue weighted by molar-refractivity contribution is 1.22. The molecule has 0 aliphatic rings. The van der Waals surface area contributed by atoms with Crippen molar-refractivity contribution in [1.82, 2.24) is 19.9 Å². The van der Waals surface area contributed by atoms with Crippen LogP contribution in [0.15, 0.2) is 73.3 Å². The van der Waals surface area contributed by atoms with E-state index in [1.165, 1.54) is 11.1 Å². The number of hydrogen-bond acceptors (Lipinski definition) is 4. The zero-order valence-corrected chi connectivity index (χ0v) is 15.9. The molecular formula is C24H20N4. The number of pyridine rings is 4. The van der Waals surface area contributed by atoms with Gasteiger partial charge in [-0.2, -0.15) is 0 Å². The molecule has 0 amide bonds. The summed E-state index contributed by atoms with van der Waals surface area (Å²) in [7, 11) is 0. The molecule has 0 saturated carbocycles. The van der Waals surface area contributed by atoms with E-state index in [4.69, 9.17) is 0 Å². The Labute approximate surface area is 164 Å². The van der Waals surface area contributed by atoms with Gasteiger partial charge in [0.1, 0.15) is 0 Å². The predicted octanol–water partition coefficient (Wildman–Crippen LogP) is 5.39. The van der Waals surface area contributed by atoms with E-state index in [1.54, 1.807) is 0 Å². The molecule has 4 heteroatoms. The van der Waals surface area contributed by atoms with Crippen LogP contribution < -0.4 is 0 Å². The Morgan fingerprint density at radius 2 is 0.857 bits per heavy atom. The molecule has 0 aromatic carbocycles. The van der Waals surface area contributed by atoms with Crippen LogP contribution in [-0.2, 0) is 0 Å². The van der Waals surface area contributed by atoms with Gasteiger partial charge in [-0.1, -0.05) is 12.2 Å². The predicted molar refractivity (Wildman–Crippen MR) is 113 cm³/mol. The molecule has 0 aliphatic carbocycles. The number of aryl methyl sites for hydroxylation is 2. The first kappa shape index (κ1) is 17.7. The van der Waals surface area contributed by atoms with Crippen LogP contribution in [0.25, 0.3) is 34.9 Å². The van der Waals surface area contributed by atoms with Gasteiger partial charge in [0.15, 0.2) is 0 Å².